The smallest absolute Gasteiger partial charge is 0.240 e. The number of rotatable bonds is 5. The Morgan fingerprint density at radius 2 is 2.00 bits per heavy atom. The Bertz CT molecular complexity index is 474. The van der Waals surface area contributed by atoms with Crippen molar-refractivity contribution in [2.24, 2.45) is 0 Å². The Kier molecular flexibility index (Phi) is 4.50. The third-order valence-electron chi connectivity index (χ3n) is 2.62. The lowest BCUT2D eigenvalue weighted by atomic mass is 10.1. The number of nitrogen functional groups attached to an aromatic ring is 1. The highest BCUT2D eigenvalue weighted by Crippen LogP contribution is 2.21. The third-order valence-corrected chi connectivity index (χ3v) is 4.06. The fraction of sp³-hybridized carbons (Fsp3) is 0.455. The lowest BCUT2D eigenvalue weighted by molar-refractivity contribution is 0.289. The first-order valence-corrected chi connectivity index (χ1v) is 6.84. The molecule has 0 saturated heterocycles. The quantitative estimate of drug-likeness (QED) is 0.531. The van der Waals surface area contributed by atoms with Gasteiger partial charge in [-0.1, -0.05) is 0 Å². The van der Waals surface area contributed by atoms with Crippen LogP contribution in [0.15, 0.2) is 17.0 Å². The zero-order chi connectivity index (χ0) is 13.1. The Labute approximate surface area is 102 Å². The van der Waals surface area contributed by atoms with Crippen molar-refractivity contribution in [3.05, 3.63) is 23.3 Å². The van der Waals surface area contributed by atoms with Gasteiger partial charge in [0.25, 0.3) is 0 Å². The van der Waals surface area contributed by atoms with Gasteiger partial charge < -0.3 is 10.8 Å². The minimum Gasteiger partial charge on any atom is -0.398 e. The predicted molar refractivity (Wildman–Crippen MR) is 67.2 cm³/mol. The molecule has 17 heavy (non-hydrogen) atoms. The number of anilines is 1. The van der Waals surface area contributed by atoms with Gasteiger partial charge in [0.05, 0.1) is 4.90 Å². The molecular weight excluding hydrogens is 240 g/mol. The number of aliphatic hydroxyl groups excluding tert-OH is 1. The van der Waals surface area contributed by atoms with Crippen molar-refractivity contribution in [1.82, 2.24) is 4.72 Å². The molecule has 1 rings (SSSR count). The first-order chi connectivity index (χ1) is 7.88. The van der Waals surface area contributed by atoms with Crippen LogP contribution in [-0.2, 0) is 10.0 Å². The summed E-state index contributed by atoms with van der Waals surface area (Å²) in [4.78, 5) is 0.163. The van der Waals surface area contributed by atoms with Crippen LogP contribution in [0.1, 0.15) is 17.5 Å². The van der Waals surface area contributed by atoms with E-state index in [0.717, 1.165) is 11.1 Å². The lowest BCUT2D eigenvalue weighted by Crippen LogP contribution is -2.25. The van der Waals surface area contributed by atoms with Crippen molar-refractivity contribution >= 4 is 15.7 Å². The van der Waals surface area contributed by atoms with Crippen LogP contribution in [0.3, 0.4) is 0 Å². The van der Waals surface area contributed by atoms with Gasteiger partial charge in [0.1, 0.15) is 0 Å². The van der Waals surface area contributed by atoms with Gasteiger partial charge >= 0.3 is 0 Å². The molecule has 0 aliphatic carbocycles. The number of nitrogens with one attached hydrogen (secondary N) is 1. The zero-order valence-corrected chi connectivity index (χ0v) is 10.8. The highest BCUT2D eigenvalue weighted by atomic mass is 32.2. The molecule has 0 atom stereocenters. The molecule has 0 saturated carbocycles. The molecule has 6 heteroatoms. The highest BCUT2D eigenvalue weighted by molar-refractivity contribution is 7.89. The number of aliphatic hydroxyl groups is 1. The van der Waals surface area contributed by atoms with E-state index in [1.54, 1.807) is 6.07 Å². The van der Waals surface area contributed by atoms with E-state index in [4.69, 9.17) is 10.8 Å². The maximum atomic E-state index is 11.9. The normalized spacial score (nSPS) is 11.7. The molecule has 4 N–H and O–H groups in total. The van der Waals surface area contributed by atoms with Crippen LogP contribution in [0.2, 0.25) is 0 Å². The van der Waals surface area contributed by atoms with Gasteiger partial charge in [0, 0.05) is 18.8 Å². The van der Waals surface area contributed by atoms with Gasteiger partial charge in [-0.3, -0.25) is 0 Å². The second-order valence-electron chi connectivity index (χ2n) is 3.93. The Morgan fingerprint density at radius 3 is 2.53 bits per heavy atom. The fourth-order valence-electron chi connectivity index (χ4n) is 1.38. The molecule has 0 fully saturated rings. The minimum absolute atomic E-state index is 0.0441. The average molecular weight is 258 g/mol. The van der Waals surface area contributed by atoms with Crippen LogP contribution in [-0.4, -0.2) is 26.7 Å². The summed E-state index contributed by atoms with van der Waals surface area (Å²) in [5.41, 5.74) is 7.93. The maximum Gasteiger partial charge on any atom is 0.240 e. The van der Waals surface area contributed by atoms with Crippen molar-refractivity contribution in [1.29, 1.82) is 0 Å². The molecule has 0 aromatic heterocycles. The molecule has 5 nitrogen and oxygen atoms in total. The van der Waals surface area contributed by atoms with Crippen LogP contribution in [0.5, 0.6) is 0 Å². The van der Waals surface area contributed by atoms with Gasteiger partial charge in [0.15, 0.2) is 0 Å². The number of aryl methyl sites for hydroxylation is 1. The van der Waals surface area contributed by atoms with E-state index in [2.05, 4.69) is 4.72 Å². The molecule has 0 radical (unpaired) electrons. The first-order valence-electron chi connectivity index (χ1n) is 5.35. The third kappa shape index (κ3) is 3.42. The second kappa shape index (κ2) is 5.48. The number of benzene rings is 1. The number of nitrogens with two attached hydrogens (primary N) is 1. The number of hydrogen-bond donors (Lipinski definition) is 3. The molecule has 0 aliphatic rings. The van der Waals surface area contributed by atoms with Crippen molar-refractivity contribution < 1.29 is 13.5 Å². The van der Waals surface area contributed by atoms with Crippen molar-refractivity contribution in [3.8, 4) is 0 Å². The molecule has 1 aromatic rings. The number of sulfonamides is 1. The molecule has 96 valence electrons. The minimum atomic E-state index is -3.54. The molecule has 0 unspecified atom stereocenters. The van der Waals surface area contributed by atoms with Gasteiger partial charge in [-0.05, 0) is 43.5 Å². The van der Waals surface area contributed by atoms with Gasteiger partial charge in [-0.2, -0.15) is 0 Å². The van der Waals surface area contributed by atoms with Crippen LogP contribution in [0.25, 0.3) is 0 Å². The summed E-state index contributed by atoms with van der Waals surface area (Å²) in [6.45, 7) is 3.84. The molecule has 0 bridgehead atoms. The molecule has 0 spiro atoms. The fourth-order valence-corrected chi connectivity index (χ4v) is 2.57. The average Bonchev–Trinajstić information content (AvgIpc) is 2.25. The van der Waals surface area contributed by atoms with Crippen LogP contribution in [0.4, 0.5) is 5.69 Å². The summed E-state index contributed by atoms with van der Waals surface area (Å²) in [5.74, 6) is 0. The lowest BCUT2D eigenvalue weighted by Gasteiger charge is -2.10. The Balaban J connectivity index is 2.99. The standard InChI is InChI=1S/C11H18N2O3S/c1-8-6-10(7-11(12)9(8)2)17(15,16)13-4-3-5-14/h6-7,13-14H,3-5,12H2,1-2H3. The van der Waals surface area contributed by atoms with Crippen molar-refractivity contribution in [2.75, 3.05) is 18.9 Å². The van der Waals surface area contributed by atoms with Crippen LogP contribution < -0.4 is 10.5 Å². The van der Waals surface area contributed by atoms with Gasteiger partial charge in [-0.15, -0.1) is 0 Å². The molecule has 1 aromatic carbocycles. The molecule has 0 aliphatic heterocycles. The summed E-state index contributed by atoms with van der Waals surface area (Å²) in [5, 5.41) is 8.60. The molecule has 0 amide bonds. The largest absolute Gasteiger partial charge is 0.398 e. The van der Waals surface area contributed by atoms with Crippen molar-refractivity contribution in [2.45, 2.75) is 25.2 Å². The summed E-state index contributed by atoms with van der Waals surface area (Å²) < 4.78 is 26.2. The SMILES string of the molecule is Cc1cc(S(=O)(=O)NCCCO)cc(N)c1C. The van der Waals surface area contributed by atoms with Crippen LogP contribution in [0, 0.1) is 13.8 Å². The van der Waals surface area contributed by atoms with E-state index in [1.165, 1.54) is 6.07 Å². The van der Waals surface area contributed by atoms with E-state index in [1.807, 2.05) is 13.8 Å². The summed E-state index contributed by atoms with van der Waals surface area (Å²) >= 11 is 0. The Morgan fingerprint density at radius 1 is 1.35 bits per heavy atom. The first kappa shape index (κ1) is 14.0. The van der Waals surface area contributed by atoms with E-state index in [9.17, 15) is 8.42 Å². The summed E-state index contributed by atoms with van der Waals surface area (Å²) in [6, 6.07) is 3.04. The van der Waals surface area contributed by atoms with E-state index in [-0.39, 0.29) is 18.0 Å². The maximum absolute atomic E-state index is 11.9. The van der Waals surface area contributed by atoms with E-state index < -0.39 is 10.0 Å². The molecule has 0 heterocycles. The zero-order valence-electron chi connectivity index (χ0n) is 10.0. The van der Waals surface area contributed by atoms with Gasteiger partial charge in [-0.25, -0.2) is 13.1 Å². The van der Waals surface area contributed by atoms with E-state index >= 15 is 0 Å². The van der Waals surface area contributed by atoms with Crippen molar-refractivity contribution in [3.63, 3.8) is 0 Å². The summed E-state index contributed by atoms with van der Waals surface area (Å²) in [7, 11) is -3.54. The number of hydrogen-bond acceptors (Lipinski definition) is 4. The Hall–Kier alpha value is -1.11. The topological polar surface area (TPSA) is 92.4 Å². The predicted octanol–water partition coefficient (Wildman–Crippen LogP) is 0.546. The van der Waals surface area contributed by atoms with E-state index in [0.29, 0.717) is 12.1 Å². The second-order valence-corrected chi connectivity index (χ2v) is 5.70. The van der Waals surface area contributed by atoms with Gasteiger partial charge in [0.2, 0.25) is 10.0 Å². The van der Waals surface area contributed by atoms with Crippen LogP contribution >= 0.6 is 0 Å². The highest BCUT2D eigenvalue weighted by Gasteiger charge is 2.15. The summed E-state index contributed by atoms with van der Waals surface area (Å²) in [6.07, 6.45) is 0.388. The monoisotopic (exact) mass is 258 g/mol. The molecular formula is C11H18N2O3S.